The number of benzene rings is 2. The van der Waals surface area contributed by atoms with Crippen molar-refractivity contribution in [2.45, 2.75) is 34.6 Å². The van der Waals surface area contributed by atoms with Crippen LogP contribution in [-0.4, -0.2) is 15.2 Å². The van der Waals surface area contributed by atoms with Crippen LogP contribution in [0.1, 0.15) is 42.3 Å². The van der Waals surface area contributed by atoms with E-state index in [2.05, 4.69) is 45.0 Å². The molecule has 0 bridgehead atoms. The first-order valence-electron chi connectivity index (χ1n) is 7.38. The van der Waals surface area contributed by atoms with Crippen molar-refractivity contribution in [1.29, 1.82) is 0 Å². The van der Waals surface area contributed by atoms with E-state index in [1.54, 1.807) is 12.1 Å². The third-order valence-corrected chi connectivity index (χ3v) is 6.40. The molecule has 0 unspecified atom stereocenters. The van der Waals surface area contributed by atoms with Gasteiger partial charge in [-0.25, -0.2) is 4.79 Å². The second-order valence-electron chi connectivity index (χ2n) is 6.02. The van der Waals surface area contributed by atoms with Gasteiger partial charge in [-0.3, -0.25) is 0 Å². The van der Waals surface area contributed by atoms with E-state index in [4.69, 9.17) is 5.11 Å². The fourth-order valence-corrected chi connectivity index (χ4v) is 5.19. The Morgan fingerprint density at radius 3 is 2.26 bits per heavy atom. The molecule has 2 aromatic carbocycles. The molecule has 23 heavy (non-hydrogen) atoms. The smallest absolute Gasteiger partial charge is 0.335 e. The molecule has 2 aromatic rings. The number of allylic oxidation sites excluding steroid dienone is 1. The third kappa shape index (κ3) is 3.65. The van der Waals surface area contributed by atoms with Crippen LogP contribution < -0.4 is 0 Å². The summed E-state index contributed by atoms with van der Waals surface area (Å²) in [5, 5.41) is 8.95. The van der Waals surface area contributed by atoms with Gasteiger partial charge >= 0.3 is 5.97 Å². The molecule has 0 saturated heterocycles. The maximum absolute atomic E-state index is 10.9. The van der Waals surface area contributed by atoms with Crippen molar-refractivity contribution in [2.75, 3.05) is 0 Å². The van der Waals surface area contributed by atoms with Crippen LogP contribution in [0.4, 0.5) is 0 Å². The fourth-order valence-electron chi connectivity index (χ4n) is 2.52. The SMILES string of the molecule is C/C(=C\c1ccc(C(=O)O)cc1)c1ccc2c(c1)SC(C)(C)S2. The lowest BCUT2D eigenvalue weighted by atomic mass is 10.0. The van der Waals surface area contributed by atoms with Crippen LogP contribution in [0.5, 0.6) is 0 Å². The highest BCUT2D eigenvalue weighted by Gasteiger charge is 2.30. The standard InChI is InChI=1S/C19H18O2S2/c1-12(10-13-4-6-14(7-5-13)18(20)21)15-8-9-16-17(11-15)23-19(2,3)22-16/h4-11H,1-3H3,(H,20,21)/b12-10+. The van der Waals surface area contributed by atoms with E-state index >= 15 is 0 Å². The van der Waals surface area contributed by atoms with Gasteiger partial charge in [-0.15, -0.1) is 23.5 Å². The van der Waals surface area contributed by atoms with Gasteiger partial charge in [0.2, 0.25) is 0 Å². The Balaban J connectivity index is 1.86. The van der Waals surface area contributed by atoms with E-state index in [9.17, 15) is 4.79 Å². The summed E-state index contributed by atoms with van der Waals surface area (Å²) < 4.78 is 0.200. The molecule has 1 heterocycles. The highest BCUT2D eigenvalue weighted by Crippen LogP contribution is 2.55. The van der Waals surface area contributed by atoms with Crippen LogP contribution in [0.2, 0.25) is 0 Å². The van der Waals surface area contributed by atoms with E-state index in [0.29, 0.717) is 5.56 Å². The zero-order valence-electron chi connectivity index (χ0n) is 13.3. The van der Waals surface area contributed by atoms with Gasteiger partial charge in [0.15, 0.2) is 0 Å². The Labute approximate surface area is 145 Å². The molecule has 0 saturated carbocycles. The second-order valence-corrected chi connectivity index (χ2v) is 9.61. The van der Waals surface area contributed by atoms with Crippen molar-refractivity contribution in [1.82, 2.24) is 0 Å². The molecule has 0 fully saturated rings. The number of thioether (sulfide) groups is 2. The van der Waals surface area contributed by atoms with Gasteiger partial charge in [0, 0.05) is 9.79 Å². The van der Waals surface area contributed by atoms with Crippen molar-refractivity contribution in [2.24, 2.45) is 0 Å². The molecule has 2 nitrogen and oxygen atoms in total. The Morgan fingerprint density at radius 1 is 1.00 bits per heavy atom. The molecule has 0 aromatic heterocycles. The molecule has 0 atom stereocenters. The minimum atomic E-state index is -0.895. The zero-order chi connectivity index (χ0) is 16.6. The first-order valence-corrected chi connectivity index (χ1v) is 9.01. The third-order valence-electron chi connectivity index (χ3n) is 3.65. The minimum absolute atomic E-state index is 0.200. The Kier molecular flexibility index (Phi) is 4.30. The summed E-state index contributed by atoms with van der Waals surface area (Å²) >= 11 is 3.82. The Morgan fingerprint density at radius 2 is 1.61 bits per heavy atom. The first-order chi connectivity index (χ1) is 10.8. The van der Waals surface area contributed by atoms with E-state index in [-0.39, 0.29) is 4.08 Å². The number of rotatable bonds is 3. The lowest BCUT2D eigenvalue weighted by Gasteiger charge is -2.12. The Bertz CT molecular complexity index is 790. The maximum Gasteiger partial charge on any atom is 0.335 e. The average molecular weight is 342 g/mol. The summed E-state index contributed by atoms with van der Waals surface area (Å²) in [6, 6.07) is 13.6. The van der Waals surface area contributed by atoms with Crippen LogP contribution in [0.15, 0.2) is 52.3 Å². The van der Waals surface area contributed by atoms with Crippen LogP contribution in [0.3, 0.4) is 0 Å². The average Bonchev–Trinajstić information content (AvgIpc) is 2.80. The monoisotopic (exact) mass is 342 g/mol. The van der Waals surface area contributed by atoms with Crippen LogP contribution in [0.25, 0.3) is 11.6 Å². The van der Waals surface area contributed by atoms with Gasteiger partial charge < -0.3 is 5.11 Å². The predicted molar refractivity (Wildman–Crippen MR) is 99.2 cm³/mol. The number of carboxylic acids is 1. The number of carbonyl (C=O) groups is 1. The van der Waals surface area contributed by atoms with Crippen molar-refractivity contribution >= 4 is 41.1 Å². The lowest BCUT2D eigenvalue weighted by molar-refractivity contribution is 0.0697. The number of hydrogen-bond donors (Lipinski definition) is 1. The first kappa shape index (κ1) is 16.2. The number of hydrogen-bond acceptors (Lipinski definition) is 3. The summed E-state index contributed by atoms with van der Waals surface area (Å²) in [7, 11) is 0. The molecule has 0 amide bonds. The van der Waals surface area contributed by atoms with Gasteiger partial charge in [-0.05, 0) is 61.7 Å². The zero-order valence-corrected chi connectivity index (χ0v) is 14.9. The normalized spacial score (nSPS) is 16.2. The molecular weight excluding hydrogens is 324 g/mol. The van der Waals surface area contributed by atoms with Crippen molar-refractivity contribution in [3.05, 3.63) is 59.2 Å². The van der Waals surface area contributed by atoms with Crippen molar-refractivity contribution in [3.8, 4) is 0 Å². The summed E-state index contributed by atoms with van der Waals surface area (Å²) in [5.41, 5.74) is 3.70. The van der Waals surface area contributed by atoms with Gasteiger partial charge in [0.05, 0.1) is 9.64 Å². The molecule has 0 aliphatic carbocycles. The number of carboxylic acid groups (broad SMARTS) is 1. The highest BCUT2D eigenvalue weighted by molar-refractivity contribution is 8.20. The summed E-state index contributed by atoms with van der Waals surface area (Å²) in [4.78, 5) is 13.6. The molecule has 0 spiro atoms. The molecule has 1 aliphatic rings. The van der Waals surface area contributed by atoms with Crippen molar-refractivity contribution < 1.29 is 9.90 Å². The molecule has 1 aliphatic heterocycles. The topological polar surface area (TPSA) is 37.3 Å². The largest absolute Gasteiger partial charge is 0.478 e. The molecular formula is C19H18O2S2. The predicted octanol–water partition coefficient (Wildman–Crippen LogP) is 5.88. The second kappa shape index (κ2) is 6.10. The van der Waals surface area contributed by atoms with Crippen LogP contribution in [-0.2, 0) is 0 Å². The molecule has 1 N–H and O–H groups in total. The van der Waals surface area contributed by atoms with Gasteiger partial charge in [-0.2, -0.15) is 0 Å². The van der Waals surface area contributed by atoms with Gasteiger partial charge in [0.25, 0.3) is 0 Å². The summed E-state index contributed by atoms with van der Waals surface area (Å²) in [5.74, 6) is -0.895. The minimum Gasteiger partial charge on any atom is -0.478 e. The van der Waals surface area contributed by atoms with E-state index in [0.717, 1.165) is 5.56 Å². The lowest BCUT2D eigenvalue weighted by Crippen LogP contribution is -2.01. The summed E-state index contributed by atoms with van der Waals surface area (Å²) in [6.07, 6.45) is 2.09. The molecule has 4 heteroatoms. The molecule has 3 rings (SSSR count). The van der Waals surface area contributed by atoms with E-state index in [1.807, 2.05) is 35.7 Å². The highest BCUT2D eigenvalue weighted by atomic mass is 32.2. The van der Waals surface area contributed by atoms with Gasteiger partial charge in [0.1, 0.15) is 0 Å². The van der Waals surface area contributed by atoms with E-state index < -0.39 is 5.97 Å². The fraction of sp³-hybridized carbons (Fsp3) is 0.211. The molecule has 0 radical (unpaired) electrons. The van der Waals surface area contributed by atoms with E-state index in [1.165, 1.54) is 20.9 Å². The van der Waals surface area contributed by atoms with Gasteiger partial charge in [-0.1, -0.05) is 24.3 Å². The van der Waals surface area contributed by atoms with Crippen LogP contribution in [0, 0.1) is 0 Å². The molecule has 118 valence electrons. The number of fused-ring (bicyclic) bond motifs is 1. The maximum atomic E-state index is 10.9. The quantitative estimate of drug-likeness (QED) is 0.707. The van der Waals surface area contributed by atoms with Crippen LogP contribution >= 0.6 is 23.5 Å². The number of aromatic carboxylic acids is 1. The van der Waals surface area contributed by atoms with Crippen molar-refractivity contribution in [3.63, 3.8) is 0 Å². The Hall–Kier alpha value is -1.65. The summed E-state index contributed by atoms with van der Waals surface area (Å²) in [6.45, 7) is 6.58.